The molecule has 0 saturated carbocycles. The van der Waals surface area contributed by atoms with Crippen LogP contribution in [0.2, 0.25) is 0 Å². The summed E-state index contributed by atoms with van der Waals surface area (Å²) in [6.07, 6.45) is 0. The molecule has 0 fully saturated rings. The summed E-state index contributed by atoms with van der Waals surface area (Å²) in [5.74, 6) is 1.03. The molecule has 0 aliphatic carbocycles. The van der Waals surface area contributed by atoms with E-state index in [0.29, 0.717) is 28.2 Å². The second kappa shape index (κ2) is 8.01. The zero-order valence-electron chi connectivity index (χ0n) is 15.5. The van der Waals surface area contributed by atoms with Crippen molar-refractivity contribution in [2.45, 2.75) is 13.0 Å². The molecule has 1 amide bonds. The van der Waals surface area contributed by atoms with E-state index in [0.717, 1.165) is 0 Å². The van der Waals surface area contributed by atoms with E-state index in [2.05, 4.69) is 15.3 Å². The number of aromatic amines is 1. The maximum atomic E-state index is 12.4. The summed E-state index contributed by atoms with van der Waals surface area (Å²) in [6, 6.07) is 14.1. The number of para-hydroxylation sites is 1. The number of rotatable bonds is 6. The predicted molar refractivity (Wildman–Crippen MR) is 105 cm³/mol. The Morgan fingerprint density at radius 2 is 2.04 bits per heavy atom. The number of amides is 1. The Hall–Kier alpha value is -3.19. The number of carbonyl (C=O) groups is 1. The van der Waals surface area contributed by atoms with Crippen molar-refractivity contribution >= 4 is 22.5 Å². The van der Waals surface area contributed by atoms with E-state index in [4.69, 9.17) is 4.74 Å². The molecular formula is C20H22N4O3. The number of aromatic nitrogens is 2. The zero-order valence-corrected chi connectivity index (χ0v) is 15.5. The minimum Gasteiger partial charge on any atom is -0.497 e. The number of fused-ring (bicyclic) bond motifs is 1. The molecule has 0 spiro atoms. The van der Waals surface area contributed by atoms with Gasteiger partial charge < -0.3 is 15.0 Å². The van der Waals surface area contributed by atoms with Gasteiger partial charge in [0.25, 0.3) is 5.56 Å². The van der Waals surface area contributed by atoms with Crippen LogP contribution in [0.15, 0.2) is 53.3 Å². The average molecular weight is 366 g/mol. The molecule has 0 bridgehead atoms. The lowest BCUT2D eigenvalue weighted by molar-refractivity contribution is -0.117. The third kappa shape index (κ3) is 4.32. The molecule has 1 atom stereocenters. The van der Waals surface area contributed by atoms with Gasteiger partial charge in [-0.25, -0.2) is 4.98 Å². The summed E-state index contributed by atoms with van der Waals surface area (Å²) in [5, 5.41) is 3.39. The Bertz CT molecular complexity index is 1020. The van der Waals surface area contributed by atoms with Crippen LogP contribution in [-0.4, -0.2) is 41.5 Å². The number of ether oxygens (including phenoxy) is 1. The van der Waals surface area contributed by atoms with E-state index >= 15 is 0 Å². The summed E-state index contributed by atoms with van der Waals surface area (Å²) in [6.45, 7) is 2.04. The van der Waals surface area contributed by atoms with E-state index in [1.54, 1.807) is 37.4 Å². The van der Waals surface area contributed by atoms with Crippen LogP contribution < -0.4 is 15.6 Å². The fourth-order valence-corrected chi connectivity index (χ4v) is 2.78. The van der Waals surface area contributed by atoms with Gasteiger partial charge in [-0.05, 0) is 38.2 Å². The fraction of sp³-hybridized carbons (Fsp3) is 0.250. The summed E-state index contributed by atoms with van der Waals surface area (Å²) in [7, 11) is 3.39. The SMILES string of the molecule is COc1cccc(NC(=O)CN(C)[C@H](C)c2nc3ccccc3c(=O)[nH]2)c1. The lowest BCUT2D eigenvalue weighted by atomic mass is 10.2. The number of carbonyl (C=O) groups excluding carboxylic acids is 1. The smallest absolute Gasteiger partial charge is 0.258 e. The Morgan fingerprint density at radius 1 is 1.26 bits per heavy atom. The summed E-state index contributed by atoms with van der Waals surface area (Å²) in [5.41, 5.74) is 1.12. The monoisotopic (exact) mass is 366 g/mol. The van der Waals surface area contributed by atoms with Crippen LogP contribution in [0.4, 0.5) is 5.69 Å². The van der Waals surface area contributed by atoms with Crippen LogP contribution >= 0.6 is 0 Å². The molecule has 27 heavy (non-hydrogen) atoms. The van der Waals surface area contributed by atoms with Gasteiger partial charge in [-0.1, -0.05) is 18.2 Å². The molecular weight excluding hydrogens is 344 g/mol. The van der Waals surface area contributed by atoms with Crippen molar-refractivity contribution in [3.05, 3.63) is 64.7 Å². The molecule has 0 saturated heterocycles. The van der Waals surface area contributed by atoms with Gasteiger partial charge in [0.1, 0.15) is 11.6 Å². The Morgan fingerprint density at radius 3 is 2.81 bits per heavy atom. The first-order valence-corrected chi connectivity index (χ1v) is 8.61. The predicted octanol–water partition coefficient (Wildman–Crippen LogP) is 2.56. The van der Waals surface area contributed by atoms with E-state index in [-0.39, 0.29) is 24.1 Å². The van der Waals surface area contributed by atoms with Crippen molar-refractivity contribution in [3.63, 3.8) is 0 Å². The van der Waals surface area contributed by atoms with E-state index in [1.165, 1.54) is 0 Å². The average Bonchev–Trinajstić information content (AvgIpc) is 2.67. The number of benzene rings is 2. The fourth-order valence-electron chi connectivity index (χ4n) is 2.78. The van der Waals surface area contributed by atoms with Crippen molar-refractivity contribution in [2.75, 3.05) is 26.0 Å². The van der Waals surface area contributed by atoms with Crippen LogP contribution in [0.5, 0.6) is 5.75 Å². The molecule has 140 valence electrons. The molecule has 0 aliphatic heterocycles. The number of likely N-dealkylation sites (N-methyl/N-ethyl adjacent to an activating group) is 1. The van der Waals surface area contributed by atoms with Crippen molar-refractivity contribution in [1.29, 1.82) is 0 Å². The molecule has 7 heteroatoms. The van der Waals surface area contributed by atoms with Crippen LogP contribution in [0.25, 0.3) is 10.9 Å². The molecule has 0 aliphatic rings. The summed E-state index contributed by atoms with van der Waals surface area (Å²) >= 11 is 0. The number of methoxy groups -OCH3 is 1. The van der Waals surface area contributed by atoms with Gasteiger partial charge in [-0.2, -0.15) is 0 Å². The largest absolute Gasteiger partial charge is 0.497 e. The molecule has 3 aromatic rings. The minimum atomic E-state index is -0.238. The maximum Gasteiger partial charge on any atom is 0.258 e. The van der Waals surface area contributed by atoms with Crippen molar-refractivity contribution < 1.29 is 9.53 Å². The van der Waals surface area contributed by atoms with Crippen molar-refractivity contribution in [3.8, 4) is 5.75 Å². The number of nitrogens with zero attached hydrogens (tertiary/aromatic N) is 2. The second-order valence-corrected chi connectivity index (χ2v) is 6.34. The molecule has 0 radical (unpaired) electrons. The number of nitrogens with one attached hydrogen (secondary N) is 2. The van der Waals surface area contributed by atoms with E-state index < -0.39 is 0 Å². The first kappa shape index (κ1) is 18.6. The molecule has 1 heterocycles. The minimum absolute atomic E-state index is 0.148. The third-order valence-electron chi connectivity index (χ3n) is 4.43. The second-order valence-electron chi connectivity index (χ2n) is 6.34. The number of hydrogen-bond donors (Lipinski definition) is 2. The maximum absolute atomic E-state index is 12.4. The Balaban J connectivity index is 1.70. The lowest BCUT2D eigenvalue weighted by Gasteiger charge is -2.23. The van der Waals surface area contributed by atoms with Gasteiger partial charge >= 0.3 is 0 Å². The van der Waals surface area contributed by atoms with Gasteiger partial charge in [0.05, 0.1) is 30.6 Å². The van der Waals surface area contributed by atoms with Crippen LogP contribution in [0.1, 0.15) is 18.8 Å². The van der Waals surface area contributed by atoms with Crippen LogP contribution in [0.3, 0.4) is 0 Å². The van der Waals surface area contributed by atoms with E-state index in [1.807, 2.05) is 37.1 Å². The Labute approximate surface area is 157 Å². The first-order valence-electron chi connectivity index (χ1n) is 8.61. The number of H-pyrrole nitrogens is 1. The van der Waals surface area contributed by atoms with Gasteiger partial charge in [0, 0.05) is 11.8 Å². The highest BCUT2D eigenvalue weighted by molar-refractivity contribution is 5.92. The summed E-state index contributed by atoms with van der Waals surface area (Å²) in [4.78, 5) is 33.8. The molecule has 1 aromatic heterocycles. The zero-order chi connectivity index (χ0) is 19.4. The van der Waals surface area contributed by atoms with Gasteiger partial charge in [-0.15, -0.1) is 0 Å². The quantitative estimate of drug-likeness (QED) is 0.700. The molecule has 0 unspecified atom stereocenters. The molecule has 3 rings (SSSR count). The highest BCUT2D eigenvalue weighted by Crippen LogP contribution is 2.18. The van der Waals surface area contributed by atoms with Gasteiger partial charge in [-0.3, -0.25) is 14.5 Å². The van der Waals surface area contributed by atoms with Crippen molar-refractivity contribution in [1.82, 2.24) is 14.9 Å². The highest BCUT2D eigenvalue weighted by atomic mass is 16.5. The van der Waals surface area contributed by atoms with Crippen LogP contribution in [0, 0.1) is 0 Å². The van der Waals surface area contributed by atoms with Gasteiger partial charge in [0.15, 0.2) is 0 Å². The summed E-state index contributed by atoms with van der Waals surface area (Å²) < 4.78 is 5.16. The standard InChI is InChI=1S/C20H22N4O3/c1-13(19-22-17-10-5-4-9-16(17)20(26)23-19)24(2)12-18(25)21-14-7-6-8-15(11-14)27-3/h4-11,13H,12H2,1-3H3,(H,21,25)(H,22,23,26)/t13-/m1/s1. The highest BCUT2D eigenvalue weighted by Gasteiger charge is 2.18. The normalized spacial score (nSPS) is 12.1. The molecule has 2 N–H and O–H groups in total. The van der Waals surface area contributed by atoms with Crippen molar-refractivity contribution in [2.24, 2.45) is 0 Å². The van der Waals surface area contributed by atoms with Crippen LogP contribution in [-0.2, 0) is 4.79 Å². The van der Waals surface area contributed by atoms with E-state index in [9.17, 15) is 9.59 Å². The number of anilines is 1. The van der Waals surface area contributed by atoms with Gasteiger partial charge in [0.2, 0.25) is 5.91 Å². The third-order valence-corrected chi connectivity index (χ3v) is 4.43. The Kier molecular flexibility index (Phi) is 5.52. The molecule has 7 nitrogen and oxygen atoms in total. The molecule has 2 aromatic carbocycles. The first-order chi connectivity index (χ1) is 13.0. The number of hydrogen-bond acceptors (Lipinski definition) is 5. The topological polar surface area (TPSA) is 87.3 Å². The lowest BCUT2D eigenvalue weighted by Crippen LogP contribution is -2.33.